The molecule has 5 heteroatoms. The second-order valence-corrected chi connectivity index (χ2v) is 4.44. The molecule has 0 amide bonds. The van der Waals surface area contributed by atoms with E-state index in [1.807, 2.05) is 0 Å². The summed E-state index contributed by atoms with van der Waals surface area (Å²) in [5, 5.41) is 0.769. The molecule has 2 rings (SSSR count). The van der Waals surface area contributed by atoms with E-state index in [0.29, 0.717) is 5.39 Å². The molecule has 0 aliphatic carbocycles. The fraction of sp³-hybridized carbons (Fsp3) is 0.231. The predicted octanol–water partition coefficient (Wildman–Crippen LogP) is 3.68. The van der Waals surface area contributed by atoms with Crippen LogP contribution in [-0.2, 0) is 0 Å². The van der Waals surface area contributed by atoms with E-state index in [0.717, 1.165) is 0 Å². The van der Waals surface area contributed by atoms with E-state index in [4.69, 9.17) is 4.74 Å². The Kier molecular flexibility index (Phi) is 3.24. The molecule has 0 spiro atoms. The van der Waals surface area contributed by atoms with E-state index in [-0.39, 0.29) is 17.2 Å². The minimum Gasteiger partial charge on any atom is -0.494 e. The molecule has 0 heterocycles. The summed E-state index contributed by atoms with van der Waals surface area (Å²) in [5.74, 6) is -0.0869. The summed E-state index contributed by atoms with van der Waals surface area (Å²) >= 11 is 0. The van der Waals surface area contributed by atoms with Gasteiger partial charge in [-0.2, -0.15) is 0 Å². The molecular weight excluding hydrogens is 240 g/mol. The van der Waals surface area contributed by atoms with Crippen molar-refractivity contribution in [1.29, 1.82) is 0 Å². The summed E-state index contributed by atoms with van der Waals surface area (Å²) in [6.07, 6.45) is -0.289. The molecule has 0 radical (unpaired) electrons. The van der Waals surface area contributed by atoms with Crippen molar-refractivity contribution in [1.82, 2.24) is 0 Å². The van der Waals surface area contributed by atoms with Gasteiger partial charge in [0.2, 0.25) is 0 Å². The maximum Gasteiger partial charge on any atom is 0.513 e. The molecule has 0 N–H and O–H groups in total. The number of ether oxygens (including phenoxy) is 1. The van der Waals surface area contributed by atoms with Crippen LogP contribution in [0.4, 0.5) is 12.9 Å². The maximum absolute atomic E-state index is 13.2. The van der Waals surface area contributed by atoms with Gasteiger partial charge in [0.1, 0.15) is 0 Å². The highest BCUT2D eigenvalue weighted by Crippen LogP contribution is 2.25. The number of fused-ring (bicyclic) bond motifs is 1. The third-order valence-electron chi connectivity index (χ3n) is 2.62. The zero-order valence-corrected chi connectivity index (χ0v) is 10.2. The summed E-state index contributed by atoms with van der Waals surface area (Å²) in [6.45, 7) is -1.68. The average Bonchev–Trinajstić information content (AvgIpc) is 2.26. The Morgan fingerprint density at radius 1 is 1.00 bits per heavy atom. The highest BCUT2D eigenvalue weighted by Gasteiger charge is 2.31. The molecule has 0 aromatic heterocycles. The number of hydrogen-bond acceptors (Lipinski definition) is 1. The van der Waals surface area contributed by atoms with Crippen molar-refractivity contribution in [3.05, 3.63) is 36.4 Å². The van der Waals surface area contributed by atoms with Crippen molar-refractivity contribution in [3.8, 4) is 5.75 Å². The lowest BCUT2D eigenvalue weighted by Gasteiger charge is -2.23. The first-order chi connectivity index (χ1) is 8.39. The van der Waals surface area contributed by atoms with Gasteiger partial charge in [-0.1, -0.05) is 35.8 Å². The average molecular weight is 253 g/mol. The molecule has 0 aliphatic heterocycles. The van der Waals surface area contributed by atoms with Gasteiger partial charge >= 0.3 is 6.98 Å². The van der Waals surface area contributed by atoms with Gasteiger partial charge in [0.15, 0.2) is 0 Å². The summed E-state index contributed by atoms with van der Waals surface area (Å²) in [5.41, 5.74) is -0.637. The quantitative estimate of drug-likeness (QED) is 0.758. The summed E-state index contributed by atoms with van der Waals surface area (Å²) in [7, 11) is 0. The molecule has 0 saturated carbocycles. The maximum atomic E-state index is 13.2. The molecular formula is C13H13BF3O-. The fourth-order valence-electron chi connectivity index (χ4n) is 1.97. The lowest BCUT2D eigenvalue weighted by Crippen LogP contribution is -2.36. The Balaban J connectivity index is 2.71. The van der Waals surface area contributed by atoms with Crippen molar-refractivity contribution >= 4 is 23.2 Å². The van der Waals surface area contributed by atoms with E-state index in [2.05, 4.69) is 0 Å². The Labute approximate surface area is 104 Å². The van der Waals surface area contributed by atoms with E-state index >= 15 is 0 Å². The third-order valence-corrected chi connectivity index (χ3v) is 2.62. The topological polar surface area (TPSA) is 9.23 Å². The van der Waals surface area contributed by atoms with E-state index in [9.17, 15) is 12.9 Å². The monoisotopic (exact) mass is 253 g/mol. The number of hydrogen-bond donors (Lipinski definition) is 0. The highest BCUT2D eigenvalue weighted by molar-refractivity contribution is 6.76. The van der Waals surface area contributed by atoms with Gasteiger partial charge in [-0.25, -0.2) is 0 Å². The number of halogens is 3. The van der Waals surface area contributed by atoms with Gasteiger partial charge < -0.3 is 17.7 Å². The smallest absolute Gasteiger partial charge is 0.494 e. The minimum atomic E-state index is -5.10. The second kappa shape index (κ2) is 4.56. The van der Waals surface area contributed by atoms with Crippen LogP contribution in [0.3, 0.4) is 0 Å². The van der Waals surface area contributed by atoms with Crippen LogP contribution in [0.2, 0.25) is 0 Å². The standard InChI is InChI=1S/C13H13BF3O/c1-9(2)18-12-8-7-10-5-3-4-6-11(10)13(12)14(15,16)17/h3-9H,1-2H3/q-1. The zero-order chi connectivity index (χ0) is 13.3. The molecule has 0 fully saturated rings. The first-order valence-electron chi connectivity index (χ1n) is 5.78. The lowest BCUT2D eigenvalue weighted by atomic mass is 9.76. The Morgan fingerprint density at radius 3 is 2.28 bits per heavy atom. The van der Waals surface area contributed by atoms with Gasteiger partial charge in [-0.3, -0.25) is 0 Å². The van der Waals surface area contributed by atoms with Crippen LogP contribution in [0.25, 0.3) is 10.8 Å². The molecule has 0 atom stereocenters. The van der Waals surface area contributed by atoms with Crippen LogP contribution >= 0.6 is 0 Å². The van der Waals surface area contributed by atoms with Gasteiger partial charge in [-0.15, -0.1) is 0 Å². The fourth-order valence-corrected chi connectivity index (χ4v) is 1.97. The van der Waals surface area contributed by atoms with Crippen molar-refractivity contribution in [2.24, 2.45) is 0 Å². The molecule has 0 saturated heterocycles. The van der Waals surface area contributed by atoms with E-state index in [1.165, 1.54) is 12.1 Å². The summed E-state index contributed by atoms with van der Waals surface area (Å²) in [6, 6.07) is 9.52. The van der Waals surface area contributed by atoms with Crippen molar-refractivity contribution in [2.75, 3.05) is 0 Å². The highest BCUT2D eigenvalue weighted by atomic mass is 19.4. The molecule has 0 unspecified atom stereocenters. The molecule has 2 aromatic rings. The predicted molar refractivity (Wildman–Crippen MR) is 68.4 cm³/mol. The number of rotatable bonds is 3. The number of benzene rings is 2. The Hall–Kier alpha value is -1.65. The summed E-state index contributed by atoms with van der Waals surface area (Å²) < 4.78 is 44.9. The third kappa shape index (κ3) is 2.45. The first kappa shape index (κ1) is 12.8. The second-order valence-electron chi connectivity index (χ2n) is 4.44. The van der Waals surface area contributed by atoms with Crippen molar-refractivity contribution in [3.63, 3.8) is 0 Å². The van der Waals surface area contributed by atoms with Crippen LogP contribution < -0.4 is 10.2 Å². The molecule has 0 bridgehead atoms. The van der Waals surface area contributed by atoms with Gasteiger partial charge in [0, 0.05) is 0 Å². The van der Waals surface area contributed by atoms with Crippen LogP contribution in [-0.4, -0.2) is 13.1 Å². The zero-order valence-electron chi connectivity index (χ0n) is 10.2. The van der Waals surface area contributed by atoms with Crippen molar-refractivity contribution in [2.45, 2.75) is 20.0 Å². The first-order valence-corrected chi connectivity index (χ1v) is 5.78. The van der Waals surface area contributed by atoms with Gasteiger partial charge in [-0.05, 0) is 30.7 Å². The van der Waals surface area contributed by atoms with Crippen LogP contribution in [0.1, 0.15) is 13.8 Å². The van der Waals surface area contributed by atoms with Crippen molar-refractivity contribution < 1.29 is 17.7 Å². The molecule has 0 aliphatic rings. The minimum absolute atomic E-state index is 0.0869. The summed E-state index contributed by atoms with van der Waals surface area (Å²) in [4.78, 5) is 0. The molecule has 1 nitrogen and oxygen atoms in total. The van der Waals surface area contributed by atoms with Gasteiger partial charge in [0.05, 0.1) is 11.9 Å². The molecule has 18 heavy (non-hydrogen) atoms. The Morgan fingerprint density at radius 2 is 1.67 bits per heavy atom. The van der Waals surface area contributed by atoms with Crippen LogP contribution in [0, 0.1) is 0 Å². The van der Waals surface area contributed by atoms with Gasteiger partial charge in [0.25, 0.3) is 0 Å². The largest absolute Gasteiger partial charge is 0.513 e. The lowest BCUT2D eigenvalue weighted by molar-refractivity contribution is 0.244. The van der Waals surface area contributed by atoms with Crippen LogP contribution in [0.5, 0.6) is 5.75 Å². The normalized spacial score (nSPS) is 12.1. The van der Waals surface area contributed by atoms with E-state index in [1.54, 1.807) is 38.1 Å². The Bertz CT molecular complexity index is 564. The molecule has 2 aromatic carbocycles. The molecule has 96 valence electrons. The van der Waals surface area contributed by atoms with Crippen LogP contribution in [0.15, 0.2) is 36.4 Å². The van der Waals surface area contributed by atoms with E-state index < -0.39 is 12.4 Å². The SMILES string of the molecule is CC(C)Oc1ccc2ccccc2c1[B-](F)(F)F.